The molecule has 1 saturated heterocycles. The van der Waals surface area contributed by atoms with E-state index in [1.165, 1.54) is 0 Å². The van der Waals surface area contributed by atoms with Crippen LogP contribution in [0, 0.1) is 0 Å². The van der Waals surface area contributed by atoms with Crippen molar-refractivity contribution in [2.45, 2.75) is 18.2 Å². The fourth-order valence-corrected chi connectivity index (χ4v) is 5.17. The molecular formula is C24H27N3O5S. The molecule has 2 aromatic carbocycles. The lowest BCUT2D eigenvalue weighted by atomic mass is 10.1. The summed E-state index contributed by atoms with van der Waals surface area (Å²) in [5.41, 5.74) is 2.00. The molecule has 1 amide bonds. The van der Waals surface area contributed by atoms with Crippen LogP contribution in [0.1, 0.15) is 23.8 Å². The van der Waals surface area contributed by atoms with Crippen molar-refractivity contribution in [1.29, 1.82) is 0 Å². The largest absolute Gasteiger partial charge is 0.497 e. The Labute approximate surface area is 193 Å². The second kappa shape index (κ2) is 9.66. The Morgan fingerprint density at radius 2 is 1.70 bits per heavy atom. The number of hydrogen-bond donors (Lipinski definition) is 0. The van der Waals surface area contributed by atoms with Crippen molar-refractivity contribution in [3.05, 3.63) is 60.3 Å². The van der Waals surface area contributed by atoms with Crippen LogP contribution < -0.4 is 9.64 Å². The minimum Gasteiger partial charge on any atom is -0.497 e. The number of piperazine rings is 1. The van der Waals surface area contributed by atoms with E-state index in [9.17, 15) is 13.2 Å². The molecule has 0 unspecified atom stereocenters. The summed E-state index contributed by atoms with van der Waals surface area (Å²) in [6.07, 6.45) is 0.562. The topological polar surface area (TPSA) is 93.0 Å². The van der Waals surface area contributed by atoms with E-state index in [4.69, 9.17) is 9.26 Å². The van der Waals surface area contributed by atoms with E-state index in [0.29, 0.717) is 30.8 Å². The third kappa shape index (κ3) is 5.03. The Balaban J connectivity index is 1.39. The first-order valence-corrected chi connectivity index (χ1v) is 12.5. The second-order valence-corrected chi connectivity index (χ2v) is 10.0. The van der Waals surface area contributed by atoms with Crippen LogP contribution in [0.5, 0.6) is 5.75 Å². The predicted octanol–water partition coefficient (Wildman–Crippen LogP) is 3.50. The fourth-order valence-electron chi connectivity index (χ4n) is 3.85. The average Bonchev–Trinajstić information content (AvgIpc) is 3.34. The number of rotatable bonds is 7. The molecular weight excluding hydrogens is 442 g/mol. The highest BCUT2D eigenvalue weighted by Gasteiger charge is 2.25. The molecule has 0 spiro atoms. The molecule has 0 N–H and O–H groups in total. The molecule has 4 rings (SSSR count). The number of methoxy groups -OCH3 is 1. The molecule has 0 bridgehead atoms. The number of amides is 1. The van der Waals surface area contributed by atoms with Gasteiger partial charge in [-0.15, -0.1) is 0 Å². The Bertz CT molecular complexity index is 1200. The highest BCUT2D eigenvalue weighted by molar-refractivity contribution is 7.91. The highest BCUT2D eigenvalue weighted by Crippen LogP contribution is 2.25. The summed E-state index contributed by atoms with van der Waals surface area (Å²) in [6.45, 7) is 4.43. The Hall–Kier alpha value is -3.33. The third-order valence-electron chi connectivity index (χ3n) is 5.70. The number of nitrogens with zero attached hydrogens (tertiary/aromatic N) is 3. The molecule has 33 heavy (non-hydrogen) atoms. The maximum atomic E-state index is 12.9. The van der Waals surface area contributed by atoms with Gasteiger partial charge in [0.05, 0.1) is 17.8 Å². The van der Waals surface area contributed by atoms with Gasteiger partial charge in [0.25, 0.3) is 5.91 Å². The zero-order valence-electron chi connectivity index (χ0n) is 18.7. The molecule has 0 atom stereocenters. The lowest BCUT2D eigenvalue weighted by Gasteiger charge is -2.35. The molecule has 0 saturated carbocycles. The molecule has 9 heteroatoms. The van der Waals surface area contributed by atoms with E-state index in [0.717, 1.165) is 24.5 Å². The predicted molar refractivity (Wildman–Crippen MR) is 125 cm³/mol. The molecule has 2 heterocycles. The SMILES string of the molecule is CCCS(=O)(=O)c1ccc(-c2cc(C(=O)N3CCN(c4ccc(OC)cc4)CC3)no2)cc1. The van der Waals surface area contributed by atoms with Crippen molar-refractivity contribution in [3.8, 4) is 17.1 Å². The first-order valence-electron chi connectivity index (χ1n) is 10.9. The van der Waals surface area contributed by atoms with Crippen LogP contribution >= 0.6 is 0 Å². The number of anilines is 1. The lowest BCUT2D eigenvalue weighted by molar-refractivity contribution is 0.0736. The van der Waals surface area contributed by atoms with E-state index in [-0.39, 0.29) is 22.2 Å². The van der Waals surface area contributed by atoms with E-state index in [1.807, 2.05) is 31.2 Å². The van der Waals surface area contributed by atoms with E-state index < -0.39 is 9.84 Å². The molecule has 1 fully saturated rings. The van der Waals surface area contributed by atoms with Crippen LogP contribution in [0.4, 0.5) is 5.69 Å². The van der Waals surface area contributed by atoms with Crippen LogP contribution in [0.25, 0.3) is 11.3 Å². The van der Waals surface area contributed by atoms with Crippen molar-refractivity contribution in [3.63, 3.8) is 0 Å². The van der Waals surface area contributed by atoms with Crippen molar-refractivity contribution >= 4 is 21.4 Å². The number of benzene rings is 2. The van der Waals surface area contributed by atoms with Gasteiger partial charge in [-0.2, -0.15) is 0 Å². The second-order valence-electron chi connectivity index (χ2n) is 7.90. The van der Waals surface area contributed by atoms with Gasteiger partial charge in [0.15, 0.2) is 21.3 Å². The van der Waals surface area contributed by atoms with Crippen LogP contribution in [0.2, 0.25) is 0 Å². The summed E-state index contributed by atoms with van der Waals surface area (Å²) in [5, 5.41) is 3.95. The van der Waals surface area contributed by atoms with E-state index in [2.05, 4.69) is 10.1 Å². The highest BCUT2D eigenvalue weighted by atomic mass is 32.2. The molecule has 1 aliphatic rings. The number of ether oxygens (including phenoxy) is 1. The van der Waals surface area contributed by atoms with E-state index >= 15 is 0 Å². The van der Waals surface area contributed by atoms with Gasteiger partial charge in [-0.05, 0) is 55.0 Å². The Morgan fingerprint density at radius 3 is 2.30 bits per heavy atom. The molecule has 3 aromatic rings. The lowest BCUT2D eigenvalue weighted by Crippen LogP contribution is -2.48. The van der Waals surface area contributed by atoms with Gasteiger partial charge in [0.2, 0.25) is 0 Å². The maximum absolute atomic E-state index is 12.9. The van der Waals surface area contributed by atoms with Crippen molar-refractivity contribution in [2.75, 3.05) is 43.9 Å². The normalized spacial score (nSPS) is 14.4. The summed E-state index contributed by atoms with van der Waals surface area (Å²) in [4.78, 5) is 17.2. The summed E-state index contributed by atoms with van der Waals surface area (Å²) in [7, 11) is -1.64. The molecule has 0 aliphatic carbocycles. The summed E-state index contributed by atoms with van der Waals surface area (Å²) in [6, 6.07) is 15.9. The average molecular weight is 470 g/mol. The fraction of sp³-hybridized carbons (Fsp3) is 0.333. The number of carbonyl (C=O) groups excluding carboxylic acids is 1. The first kappa shape index (κ1) is 22.8. The van der Waals surface area contributed by atoms with Gasteiger partial charge in [0.1, 0.15) is 5.75 Å². The van der Waals surface area contributed by atoms with Crippen molar-refractivity contribution in [1.82, 2.24) is 10.1 Å². The summed E-state index contributed by atoms with van der Waals surface area (Å²) in [5.74, 6) is 1.17. The van der Waals surface area contributed by atoms with Crippen LogP contribution in [-0.4, -0.2) is 63.4 Å². The third-order valence-corrected chi connectivity index (χ3v) is 7.64. The molecule has 174 valence electrons. The van der Waals surface area contributed by atoms with Gasteiger partial charge < -0.3 is 19.1 Å². The minimum atomic E-state index is -3.28. The standard InChI is InChI=1S/C24H27N3O5S/c1-3-16-33(29,30)21-10-4-18(5-11-21)23-17-22(25-32-23)24(28)27-14-12-26(13-15-27)19-6-8-20(31-2)9-7-19/h4-11,17H,3,12-16H2,1-2H3. The van der Waals surface area contributed by atoms with E-state index in [1.54, 1.807) is 42.3 Å². The quantitative estimate of drug-likeness (QED) is 0.523. The van der Waals surface area contributed by atoms with Gasteiger partial charge in [-0.3, -0.25) is 4.79 Å². The van der Waals surface area contributed by atoms with Crippen LogP contribution in [-0.2, 0) is 9.84 Å². The van der Waals surface area contributed by atoms with Crippen molar-refractivity contribution in [2.24, 2.45) is 0 Å². The van der Waals surface area contributed by atoms with Gasteiger partial charge in [-0.1, -0.05) is 12.1 Å². The number of hydrogen-bond acceptors (Lipinski definition) is 7. The zero-order chi connectivity index (χ0) is 23.4. The van der Waals surface area contributed by atoms with Crippen LogP contribution in [0.3, 0.4) is 0 Å². The monoisotopic (exact) mass is 469 g/mol. The molecule has 8 nitrogen and oxygen atoms in total. The van der Waals surface area contributed by atoms with Gasteiger partial charge in [-0.25, -0.2) is 8.42 Å². The summed E-state index contributed by atoms with van der Waals surface area (Å²) < 4.78 is 35.0. The Kier molecular flexibility index (Phi) is 6.69. The smallest absolute Gasteiger partial charge is 0.276 e. The van der Waals surface area contributed by atoms with Crippen LogP contribution in [0.15, 0.2) is 64.0 Å². The first-order chi connectivity index (χ1) is 15.9. The zero-order valence-corrected chi connectivity index (χ0v) is 19.5. The molecule has 1 aromatic heterocycles. The van der Waals surface area contributed by atoms with Crippen molar-refractivity contribution < 1.29 is 22.5 Å². The number of sulfone groups is 1. The number of carbonyl (C=O) groups is 1. The van der Waals surface area contributed by atoms with Gasteiger partial charge in [0, 0.05) is 43.5 Å². The summed E-state index contributed by atoms with van der Waals surface area (Å²) >= 11 is 0. The van der Waals surface area contributed by atoms with Gasteiger partial charge >= 0.3 is 0 Å². The minimum absolute atomic E-state index is 0.110. The Morgan fingerprint density at radius 1 is 1.03 bits per heavy atom. The maximum Gasteiger partial charge on any atom is 0.276 e. The molecule has 1 aliphatic heterocycles. The number of aromatic nitrogens is 1. The molecule has 0 radical (unpaired) electrons.